The second-order valence-electron chi connectivity index (χ2n) is 6.39. The van der Waals surface area contributed by atoms with Gasteiger partial charge in [-0.3, -0.25) is 9.78 Å². The first-order valence-electron chi connectivity index (χ1n) is 7.74. The van der Waals surface area contributed by atoms with Crippen molar-refractivity contribution in [3.63, 3.8) is 0 Å². The van der Waals surface area contributed by atoms with E-state index in [0.717, 1.165) is 17.1 Å². The Morgan fingerprint density at radius 1 is 1.24 bits per heavy atom. The highest BCUT2D eigenvalue weighted by Gasteiger charge is 2.20. The van der Waals surface area contributed by atoms with Crippen molar-refractivity contribution in [1.82, 2.24) is 10.3 Å². The van der Waals surface area contributed by atoms with E-state index >= 15 is 0 Å². The Labute approximate surface area is 167 Å². The molecule has 25 heavy (non-hydrogen) atoms. The van der Waals surface area contributed by atoms with Crippen LogP contribution in [0.4, 0.5) is 0 Å². The summed E-state index contributed by atoms with van der Waals surface area (Å²) in [5.41, 5.74) is 0.503. The maximum atomic E-state index is 12.1. The fraction of sp³-hybridized carbons (Fsp3) is 0.333. The lowest BCUT2D eigenvalue weighted by molar-refractivity contribution is 0.0935. The van der Waals surface area contributed by atoms with Crippen LogP contribution in [0.2, 0.25) is 15.1 Å². The van der Waals surface area contributed by atoms with Gasteiger partial charge in [-0.1, -0.05) is 48.7 Å². The molecule has 7 heteroatoms. The highest BCUT2D eigenvalue weighted by Crippen LogP contribution is 2.38. The number of halogens is 3. The van der Waals surface area contributed by atoms with Gasteiger partial charge in [0.15, 0.2) is 0 Å². The second-order valence-corrected chi connectivity index (χ2v) is 8.74. The van der Waals surface area contributed by atoms with Gasteiger partial charge in [0.2, 0.25) is 0 Å². The predicted octanol–water partition coefficient (Wildman–Crippen LogP) is 5.98. The van der Waals surface area contributed by atoms with Crippen LogP contribution in [0.1, 0.15) is 30.6 Å². The van der Waals surface area contributed by atoms with Crippen LogP contribution in [0.25, 0.3) is 0 Å². The van der Waals surface area contributed by atoms with Gasteiger partial charge >= 0.3 is 0 Å². The molecule has 134 valence electrons. The Bertz CT molecular complexity index is 715. The van der Waals surface area contributed by atoms with Gasteiger partial charge in [0.1, 0.15) is 0 Å². The van der Waals surface area contributed by atoms with E-state index in [1.807, 2.05) is 0 Å². The minimum atomic E-state index is -0.113. The SMILES string of the molecule is CC(C)(CCSc1c(Cl)cc(Cl)cc1Cl)CNC(=O)c1cccnc1. The lowest BCUT2D eigenvalue weighted by Gasteiger charge is -2.25. The van der Waals surface area contributed by atoms with Crippen molar-refractivity contribution in [2.75, 3.05) is 12.3 Å². The van der Waals surface area contributed by atoms with Crippen LogP contribution in [0, 0.1) is 5.41 Å². The molecule has 0 unspecified atom stereocenters. The Morgan fingerprint density at radius 3 is 2.52 bits per heavy atom. The molecule has 1 amide bonds. The van der Waals surface area contributed by atoms with E-state index in [9.17, 15) is 4.79 Å². The molecular formula is C18H19Cl3N2OS. The summed E-state index contributed by atoms with van der Waals surface area (Å²) >= 11 is 19.9. The molecule has 0 aliphatic rings. The third kappa shape index (κ3) is 6.37. The van der Waals surface area contributed by atoms with E-state index in [0.29, 0.717) is 27.2 Å². The molecule has 1 N–H and O–H groups in total. The summed E-state index contributed by atoms with van der Waals surface area (Å²) in [5.74, 6) is 0.717. The molecule has 1 aromatic heterocycles. The molecule has 0 saturated carbocycles. The number of aromatic nitrogens is 1. The van der Waals surface area contributed by atoms with Crippen LogP contribution in [-0.2, 0) is 0 Å². The van der Waals surface area contributed by atoms with E-state index < -0.39 is 0 Å². The van der Waals surface area contributed by atoms with Crippen molar-refractivity contribution in [1.29, 1.82) is 0 Å². The Kier molecular flexibility index (Phi) is 7.44. The Morgan fingerprint density at radius 2 is 1.92 bits per heavy atom. The maximum Gasteiger partial charge on any atom is 0.252 e. The summed E-state index contributed by atoms with van der Waals surface area (Å²) in [5, 5.41) is 4.61. The molecule has 2 aromatic rings. The van der Waals surface area contributed by atoms with E-state index in [-0.39, 0.29) is 11.3 Å². The number of amides is 1. The van der Waals surface area contributed by atoms with Gasteiger partial charge in [-0.05, 0) is 41.9 Å². The van der Waals surface area contributed by atoms with Gasteiger partial charge in [0.05, 0.1) is 15.6 Å². The molecule has 0 saturated heterocycles. The molecule has 0 fully saturated rings. The number of benzene rings is 1. The maximum absolute atomic E-state index is 12.1. The number of nitrogens with zero attached hydrogens (tertiary/aromatic N) is 1. The second kappa shape index (κ2) is 9.13. The highest BCUT2D eigenvalue weighted by atomic mass is 35.5. The van der Waals surface area contributed by atoms with Crippen LogP contribution in [0.3, 0.4) is 0 Å². The normalized spacial score (nSPS) is 11.4. The van der Waals surface area contributed by atoms with Crippen LogP contribution in [-0.4, -0.2) is 23.2 Å². The number of carbonyl (C=O) groups is 1. The quantitative estimate of drug-likeness (QED) is 0.563. The van der Waals surface area contributed by atoms with Crippen molar-refractivity contribution in [3.05, 3.63) is 57.3 Å². The van der Waals surface area contributed by atoms with Crippen LogP contribution >= 0.6 is 46.6 Å². The zero-order valence-electron chi connectivity index (χ0n) is 14.0. The first kappa shape index (κ1) is 20.4. The Balaban J connectivity index is 1.84. The monoisotopic (exact) mass is 416 g/mol. The van der Waals surface area contributed by atoms with Crippen molar-refractivity contribution in [2.24, 2.45) is 5.41 Å². The minimum Gasteiger partial charge on any atom is -0.351 e. The molecule has 2 rings (SSSR count). The lowest BCUT2D eigenvalue weighted by Crippen LogP contribution is -2.34. The number of nitrogens with one attached hydrogen (secondary N) is 1. The van der Waals surface area contributed by atoms with E-state index in [4.69, 9.17) is 34.8 Å². The van der Waals surface area contributed by atoms with Crippen LogP contribution < -0.4 is 5.32 Å². The fourth-order valence-electron chi connectivity index (χ4n) is 2.10. The van der Waals surface area contributed by atoms with Crippen LogP contribution in [0.5, 0.6) is 0 Å². The largest absolute Gasteiger partial charge is 0.351 e. The molecular weight excluding hydrogens is 399 g/mol. The van der Waals surface area contributed by atoms with E-state index in [1.165, 1.54) is 0 Å². The molecule has 0 atom stereocenters. The van der Waals surface area contributed by atoms with Gasteiger partial charge < -0.3 is 5.32 Å². The molecule has 0 spiro atoms. The van der Waals surface area contributed by atoms with E-state index in [1.54, 1.807) is 48.4 Å². The van der Waals surface area contributed by atoms with Crippen LogP contribution in [0.15, 0.2) is 41.6 Å². The first-order chi connectivity index (χ1) is 11.8. The molecule has 3 nitrogen and oxygen atoms in total. The summed E-state index contributed by atoms with van der Waals surface area (Å²) in [6.07, 6.45) is 4.09. The standard InChI is InChI=1S/C18H19Cl3N2OS/c1-18(2,11-23-17(24)12-4-3-6-22-10-12)5-7-25-16-14(20)8-13(19)9-15(16)21/h3-4,6,8-10H,5,7,11H2,1-2H3,(H,23,24). The summed E-state index contributed by atoms with van der Waals surface area (Å²) in [6, 6.07) is 6.87. The fourth-order valence-corrected chi connectivity index (χ4v) is 4.50. The van der Waals surface area contributed by atoms with Crippen molar-refractivity contribution < 1.29 is 4.79 Å². The Hall–Kier alpha value is -0.940. The number of carbonyl (C=O) groups excluding carboxylic acids is 1. The predicted molar refractivity (Wildman–Crippen MR) is 107 cm³/mol. The van der Waals surface area contributed by atoms with Gasteiger partial charge in [0.25, 0.3) is 5.91 Å². The lowest BCUT2D eigenvalue weighted by atomic mass is 9.90. The minimum absolute atomic E-state index is 0.0593. The number of hydrogen-bond donors (Lipinski definition) is 1. The average Bonchev–Trinajstić information content (AvgIpc) is 2.56. The van der Waals surface area contributed by atoms with Crippen molar-refractivity contribution in [2.45, 2.75) is 25.2 Å². The molecule has 0 aliphatic heterocycles. The topological polar surface area (TPSA) is 42.0 Å². The third-order valence-corrected chi connectivity index (χ3v) is 5.81. The number of rotatable bonds is 7. The third-order valence-electron chi connectivity index (χ3n) is 3.64. The number of thioether (sulfide) groups is 1. The molecule has 0 radical (unpaired) electrons. The first-order valence-corrected chi connectivity index (χ1v) is 9.86. The molecule has 1 heterocycles. The molecule has 1 aromatic carbocycles. The number of pyridine rings is 1. The van der Waals surface area contributed by atoms with Gasteiger partial charge in [-0.25, -0.2) is 0 Å². The van der Waals surface area contributed by atoms with Crippen molar-refractivity contribution in [3.8, 4) is 0 Å². The zero-order valence-corrected chi connectivity index (χ0v) is 17.1. The zero-order chi connectivity index (χ0) is 18.4. The summed E-state index contributed by atoms with van der Waals surface area (Å²) < 4.78 is 0. The van der Waals surface area contributed by atoms with Gasteiger partial charge in [0, 0.05) is 28.9 Å². The molecule has 0 aliphatic carbocycles. The summed E-state index contributed by atoms with van der Waals surface area (Å²) in [7, 11) is 0. The average molecular weight is 418 g/mol. The van der Waals surface area contributed by atoms with Gasteiger partial charge in [-0.15, -0.1) is 11.8 Å². The van der Waals surface area contributed by atoms with Crippen molar-refractivity contribution >= 4 is 52.5 Å². The van der Waals surface area contributed by atoms with Gasteiger partial charge in [-0.2, -0.15) is 0 Å². The highest BCUT2D eigenvalue weighted by molar-refractivity contribution is 7.99. The summed E-state index contributed by atoms with van der Waals surface area (Å²) in [6.45, 7) is 4.80. The number of hydrogen-bond acceptors (Lipinski definition) is 3. The van der Waals surface area contributed by atoms with E-state index in [2.05, 4.69) is 24.1 Å². The summed E-state index contributed by atoms with van der Waals surface area (Å²) in [4.78, 5) is 16.9. The molecule has 0 bridgehead atoms. The smallest absolute Gasteiger partial charge is 0.252 e.